The highest BCUT2D eigenvalue weighted by molar-refractivity contribution is 6.32. The molecule has 7 heterocycles. The van der Waals surface area contributed by atoms with Gasteiger partial charge in [0.05, 0.1) is 47.1 Å². The molecule has 4 saturated carbocycles. The van der Waals surface area contributed by atoms with Crippen molar-refractivity contribution in [3.8, 4) is 62.9 Å². The second kappa shape index (κ2) is 38.3. The lowest BCUT2D eigenvalue weighted by Crippen LogP contribution is -2.64. The molecular weight excluding hydrogens is 1660 g/mol. The van der Waals surface area contributed by atoms with Gasteiger partial charge in [0, 0.05) is 67.3 Å². The number of phenols is 3. The summed E-state index contributed by atoms with van der Waals surface area (Å²) in [6, 6.07) is 13.6. The minimum atomic E-state index is -2.25. The van der Waals surface area contributed by atoms with Crippen LogP contribution in [0.25, 0.3) is 11.1 Å². The van der Waals surface area contributed by atoms with Crippen molar-refractivity contribution < 1.29 is 122 Å². The van der Waals surface area contributed by atoms with Crippen molar-refractivity contribution in [3.05, 3.63) is 147 Å². The van der Waals surface area contributed by atoms with Crippen LogP contribution < -0.4 is 56.6 Å². The number of halogens is 2. The Morgan fingerprint density at radius 2 is 1.34 bits per heavy atom. The van der Waals surface area contributed by atoms with Crippen LogP contribution >= 0.6 is 23.2 Å². The van der Waals surface area contributed by atoms with Crippen molar-refractivity contribution in [1.82, 2.24) is 31.9 Å². The van der Waals surface area contributed by atoms with E-state index in [9.17, 15) is 60.3 Å². The first kappa shape index (κ1) is 91.3. The van der Waals surface area contributed by atoms with Gasteiger partial charge in [-0.2, -0.15) is 0 Å². The fourth-order valence-electron chi connectivity index (χ4n) is 19.4. The van der Waals surface area contributed by atoms with E-state index in [0.717, 1.165) is 62.4 Å². The Morgan fingerprint density at radius 3 is 1.95 bits per heavy atom. The number of aliphatic hydroxyl groups excluding tert-OH is 6. The van der Waals surface area contributed by atoms with E-state index in [-0.39, 0.29) is 103 Å². The standard InChI is InChI=1S/C91H107Cl2N7O25/c1-7-45(20-40(2)3)86(115)99-77-63(105)30-52(33-72(109)96-71(108)26-42-8-13-54(14-9-42)119-19-18-95-6)87(116)97-75-51-31-68(121-66-16-11-47(79(77)110)28-59(66)92)83(125-90-84(82(113)81(112)70(39-101)123-90)124-73-38-91(5,94)85(114)41(4)120-73)69(32-51)122-67-17-12-48(29-60(67)93)80(111)78-89(118)98-76(65(107)36-55-49-22-43-21-44(24-49)25-50(55)23-43)58-34-53(102)35-62(104)74(58)57-27-46(10-15-61(57)103)56(37-64(75)106)88(117)100-78/h8-17,27-29,31-32,34-35,40-41,43-45,49-50,52,55-56,70,73,75-82,84-85,90,95,101-104,110-114H,7,18-26,30,33,36-39,94H2,1-6H3,(H,97,116)(H,98,118)(H,99,115)(H,100,117)(H,96,108,109)/t41-,43?,44?,45+,49?,50?,52-,55?,56+,70+,73-,75+,76-,77-,78-,79+,80+,81+,82-,84+,85+,90-,91-/m0/s1. The molecule has 4 aliphatic carbocycles. The fourth-order valence-corrected chi connectivity index (χ4v) is 19.9. The Kier molecular flexibility index (Phi) is 28.0. The number of hydrogen-bond acceptors (Lipinski definition) is 27. The largest absolute Gasteiger partial charge is 0.508 e. The Balaban J connectivity index is 0.955. The van der Waals surface area contributed by atoms with Crippen LogP contribution in [0.3, 0.4) is 0 Å². The van der Waals surface area contributed by atoms with E-state index in [1.165, 1.54) is 62.4 Å². The summed E-state index contributed by atoms with van der Waals surface area (Å²) in [6.45, 7) is 8.45. The number of nitrogens with two attached hydrogens (primary N) is 1. The fraction of sp³-hybridized carbons (Fsp3) is 0.505. The Morgan fingerprint density at radius 1 is 0.688 bits per heavy atom. The van der Waals surface area contributed by atoms with Crippen molar-refractivity contribution in [1.29, 1.82) is 0 Å². The van der Waals surface area contributed by atoms with Crippen LogP contribution in [0.15, 0.2) is 103 Å². The van der Waals surface area contributed by atoms with Gasteiger partial charge >= 0.3 is 0 Å². The lowest BCUT2D eigenvalue weighted by atomic mass is 9.51. The van der Waals surface area contributed by atoms with Crippen molar-refractivity contribution in [2.45, 2.75) is 215 Å². The van der Waals surface area contributed by atoms with Crippen molar-refractivity contribution in [2.75, 3.05) is 26.8 Å². The first-order valence-corrected chi connectivity index (χ1v) is 43.2. The molecule has 17 N–H and O–H groups in total. The molecule has 7 aliphatic heterocycles. The minimum Gasteiger partial charge on any atom is -0.508 e. The normalized spacial score (nSPS) is 30.5. The van der Waals surface area contributed by atoms with E-state index in [0.29, 0.717) is 42.7 Å². The lowest BCUT2D eigenvalue weighted by Gasteiger charge is -2.54. The smallest absolute Gasteiger partial charge is 0.246 e. The monoisotopic (exact) mass is 1770 g/mol. The molecule has 0 unspecified atom stereocenters. The third kappa shape index (κ3) is 20.1. The number of carbonyl (C=O) groups is 9. The van der Waals surface area contributed by atoms with Gasteiger partial charge in [-0.3, -0.25) is 48.5 Å². The lowest BCUT2D eigenvalue weighted by molar-refractivity contribution is -0.333. The maximum absolute atomic E-state index is 16.8. The highest BCUT2D eigenvalue weighted by Gasteiger charge is 2.53. The third-order valence-corrected chi connectivity index (χ3v) is 26.3. The summed E-state index contributed by atoms with van der Waals surface area (Å²) in [7, 11) is 1.76. The van der Waals surface area contributed by atoms with Crippen LogP contribution in [-0.4, -0.2) is 192 Å². The molecule has 6 amide bonds. The molecule has 18 atom stereocenters. The molecule has 0 aromatic heterocycles. The number of benzene rings is 6. The minimum absolute atomic E-state index is 0.0511. The second-order valence-electron chi connectivity index (χ2n) is 35.3. The van der Waals surface area contributed by atoms with Gasteiger partial charge in [-0.25, -0.2) is 0 Å². The molecule has 2 saturated heterocycles. The zero-order valence-corrected chi connectivity index (χ0v) is 71.3. The van der Waals surface area contributed by atoms with Gasteiger partial charge in [0.2, 0.25) is 47.5 Å². The third-order valence-electron chi connectivity index (χ3n) is 25.7. The van der Waals surface area contributed by atoms with Gasteiger partial charge in [-0.1, -0.05) is 74.3 Å². The van der Waals surface area contributed by atoms with Crippen LogP contribution in [0.2, 0.25) is 10.0 Å². The molecule has 11 aliphatic rings. The molecule has 17 rings (SSSR count). The molecule has 6 aromatic rings. The predicted molar refractivity (Wildman–Crippen MR) is 449 cm³/mol. The van der Waals surface area contributed by atoms with E-state index in [2.05, 4.69) is 31.9 Å². The number of carbonyl (C=O) groups excluding carboxylic acids is 9. The first-order chi connectivity index (χ1) is 59.5. The molecule has 32 nitrogen and oxygen atoms in total. The molecular formula is C91H107Cl2N7O25. The topological polar surface area (TPSA) is 499 Å². The van der Waals surface area contributed by atoms with Gasteiger partial charge in [-0.15, -0.1) is 0 Å². The highest BCUT2D eigenvalue weighted by Crippen LogP contribution is 2.59. The Bertz CT molecular complexity index is 5060. The molecule has 0 spiro atoms. The number of fused-ring (bicyclic) bond motifs is 15. The zero-order valence-electron chi connectivity index (χ0n) is 69.8. The number of nitrogens with one attached hydrogen (secondary N) is 6. The van der Waals surface area contributed by atoms with E-state index in [4.69, 9.17) is 62.1 Å². The van der Waals surface area contributed by atoms with Gasteiger partial charge in [0.25, 0.3) is 0 Å². The number of amides is 6. The van der Waals surface area contributed by atoms with Gasteiger partial charge < -0.3 is 111 Å². The van der Waals surface area contributed by atoms with Gasteiger partial charge in [0.1, 0.15) is 95.8 Å². The summed E-state index contributed by atoms with van der Waals surface area (Å²) in [5.74, 6) is -16.5. The van der Waals surface area contributed by atoms with E-state index >= 15 is 28.8 Å². The van der Waals surface area contributed by atoms with Crippen molar-refractivity contribution in [3.63, 3.8) is 0 Å². The SMILES string of the molecule is CC[C@H](CC(C)C)C(=O)N[C@H]1C(=O)C[C@@H](CC(=O)NC(=O)Cc2ccc(OCCNC)cc2)C(=O)N[C@H]2C(=O)C[C@H]3C(=O)N[C@H](C(=O)N[C@H](C(=O)CC4C5CC6CC(C5)CC4C6)c4cc(O)cc(O)c4-c4cc3ccc4O)[C@H](O)c3ccc(c(Cl)c3)Oc3cc2cc(c3O[C@@H]2O[C@H](CO)[C@@H](O)[C@H](O)[C@H]2O[C@H]2C[C@](C)(N)[C@H](O)[C@H](C)O2)Oc2ccc(cc2Cl)[C@H]1O. The number of hydrogen-bond donors (Lipinski definition) is 16. The molecule has 6 fully saturated rings. The Hall–Kier alpha value is -9.91. The average molecular weight is 1770 g/mol. The summed E-state index contributed by atoms with van der Waals surface area (Å²) in [5, 5.41) is 123. The van der Waals surface area contributed by atoms with Crippen LogP contribution in [-0.2, 0) is 63.8 Å². The maximum Gasteiger partial charge on any atom is 0.246 e. The summed E-state index contributed by atoms with van der Waals surface area (Å²) in [4.78, 5) is 140. The van der Waals surface area contributed by atoms with Crippen molar-refractivity contribution >= 4 is 76.0 Å². The number of phenolic OH excluding ortho intramolecular Hbond substituents is 3. The molecule has 670 valence electrons. The van der Waals surface area contributed by atoms with Crippen LogP contribution in [0.5, 0.6) is 51.7 Å². The summed E-state index contributed by atoms with van der Waals surface area (Å²) in [6.07, 6.45) is -15.9. The molecule has 15 bridgehead atoms. The van der Waals surface area contributed by atoms with Crippen molar-refractivity contribution in [2.24, 2.45) is 53.1 Å². The quantitative estimate of drug-likeness (QED) is 0.0311. The van der Waals surface area contributed by atoms with Gasteiger partial charge in [-0.05, 0) is 201 Å². The number of ketones is 3. The number of imide groups is 1. The highest BCUT2D eigenvalue weighted by atomic mass is 35.5. The van der Waals surface area contributed by atoms with E-state index < -0.39 is 228 Å². The number of aliphatic hydroxyl groups is 6. The number of likely N-dealkylation sites (N-methyl/N-ethyl adjacent to an activating group) is 1. The molecule has 0 radical (unpaired) electrons. The Labute approximate surface area is 730 Å². The average Bonchev–Trinajstić information content (AvgIpc) is 0.731. The van der Waals surface area contributed by atoms with E-state index in [1.54, 1.807) is 38.2 Å². The number of Topliss-reactive ketones (excluding diaryl/α,β-unsaturated/α-hetero) is 3. The van der Waals surface area contributed by atoms with E-state index in [1.807, 2.05) is 13.8 Å². The number of ether oxygens (including phenoxy) is 7. The zero-order chi connectivity index (χ0) is 89.5. The summed E-state index contributed by atoms with van der Waals surface area (Å²) < 4.78 is 45.0. The van der Waals surface area contributed by atoms with Gasteiger partial charge in [0.15, 0.2) is 41.2 Å². The second-order valence-corrected chi connectivity index (χ2v) is 36.1. The first-order valence-electron chi connectivity index (χ1n) is 42.5. The molecule has 34 heteroatoms. The molecule has 125 heavy (non-hydrogen) atoms. The summed E-state index contributed by atoms with van der Waals surface area (Å²) >= 11 is 14.6. The number of rotatable bonds is 21. The number of aromatic hydroxyl groups is 3. The van der Waals surface area contributed by atoms with Crippen LogP contribution in [0, 0.1) is 47.3 Å². The summed E-state index contributed by atoms with van der Waals surface area (Å²) in [5.41, 5.74) is 3.98. The maximum atomic E-state index is 16.8. The van der Waals surface area contributed by atoms with Crippen LogP contribution in [0.1, 0.15) is 175 Å². The van der Waals surface area contributed by atoms with Crippen LogP contribution in [0.4, 0.5) is 0 Å². The molecule has 6 aromatic carbocycles. The predicted octanol–water partition coefficient (Wildman–Crippen LogP) is 7.47.